The number of hydrogen-bond donors (Lipinski definition) is 2. The third kappa shape index (κ3) is 2.82. The van der Waals surface area contributed by atoms with Crippen molar-refractivity contribution in [3.8, 4) is 0 Å². The SMILES string of the molecule is Cc1nc(C2N=C(NC(C)(C)C)NC2=O)cs1. The molecule has 0 aliphatic carbocycles. The lowest BCUT2D eigenvalue weighted by Crippen LogP contribution is -2.46. The van der Waals surface area contributed by atoms with Crippen molar-refractivity contribution >= 4 is 23.2 Å². The molecule has 92 valence electrons. The van der Waals surface area contributed by atoms with E-state index in [1.54, 1.807) is 0 Å². The zero-order chi connectivity index (χ0) is 12.6. The van der Waals surface area contributed by atoms with Gasteiger partial charge in [-0.15, -0.1) is 11.3 Å². The van der Waals surface area contributed by atoms with Crippen LogP contribution in [0.5, 0.6) is 0 Å². The quantitative estimate of drug-likeness (QED) is 0.793. The summed E-state index contributed by atoms with van der Waals surface area (Å²) >= 11 is 1.53. The van der Waals surface area contributed by atoms with Crippen molar-refractivity contribution in [3.63, 3.8) is 0 Å². The highest BCUT2D eigenvalue weighted by atomic mass is 32.1. The second-order valence-electron chi connectivity index (χ2n) is 5.04. The monoisotopic (exact) mass is 252 g/mol. The minimum Gasteiger partial charge on any atom is -0.351 e. The second kappa shape index (κ2) is 4.10. The zero-order valence-corrected chi connectivity index (χ0v) is 11.2. The summed E-state index contributed by atoms with van der Waals surface area (Å²) in [5, 5.41) is 8.70. The van der Waals surface area contributed by atoms with E-state index in [0.717, 1.165) is 10.7 Å². The fourth-order valence-electron chi connectivity index (χ4n) is 1.53. The number of nitrogens with one attached hydrogen (secondary N) is 2. The highest BCUT2D eigenvalue weighted by molar-refractivity contribution is 7.09. The van der Waals surface area contributed by atoms with Gasteiger partial charge in [0.05, 0.1) is 10.7 Å². The molecule has 0 saturated heterocycles. The third-order valence-electron chi connectivity index (χ3n) is 2.16. The van der Waals surface area contributed by atoms with Crippen molar-refractivity contribution < 1.29 is 4.79 Å². The predicted octanol–water partition coefficient (Wildman–Crippen LogP) is 1.37. The summed E-state index contributed by atoms with van der Waals surface area (Å²) in [7, 11) is 0. The topological polar surface area (TPSA) is 66.4 Å². The van der Waals surface area contributed by atoms with Crippen LogP contribution in [0.25, 0.3) is 0 Å². The van der Waals surface area contributed by atoms with Crippen LogP contribution >= 0.6 is 11.3 Å². The van der Waals surface area contributed by atoms with E-state index in [4.69, 9.17) is 0 Å². The summed E-state index contributed by atoms with van der Waals surface area (Å²) in [5.41, 5.74) is 0.592. The summed E-state index contributed by atoms with van der Waals surface area (Å²) in [6, 6.07) is -0.509. The minimum atomic E-state index is -0.509. The predicted molar refractivity (Wildman–Crippen MR) is 68.1 cm³/mol. The fourth-order valence-corrected chi connectivity index (χ4v) is 2.16. The number of rotatable bonds is 1. The smallest absolute Gasteiger partial charge is 0.257 e. The Balaban J connectivity index is 2.17. The van der Waals surface area contributed by atoms with Crippen molar-refractivity contribution in [2.24, 2.45) is 4.99 Å². The number of aliphatic imine (C=N–C) groups is 1. The van der Waals surface area contributed by atoms with Crippen LogP contribution < -0.4 is 10.6 Å². The summed E-state index contributed by atoms with van der Waals surface area (Å²) in [6.45, 7) is 7.96. The van der Waals surface area contributed by atoms with Crippen molar-refractivity contribution in [2.45, 2.75) is 39.3 Å². The molecule has 1 aromatic rings. The van der Waals surface area contributed by atoms with Gasteiger partial charge in [-0.25, -0.2) is 9.98 Å². The van der Waals surface area contributed by atoms with Crippen molar-refractivity contribution in [1.29, 1.82) is 0 Å². The number of thiazole rings is 1. The second-order valence-corrected chi connectivity index (χ2v) is 6.10. The maximum absolute atomic E-state index is 11.8. The van der Waals surface area contributed by atoms with Crippen LogP contribution in [0.3, 0.4) is 0 Å². The molecule has 1 aromatic heterocycles. The number of guanidine groups is 1. The maximum atomic E-state index is 11.8. The lowest BCUT2D eigenvalue weighted by Gasteiger charge is -2.21. The number of carbonyl (C=O) groups excluding carboxylic acids is 1. The number of hydrogen-bond acceptors (Lipinski definition) is 5. The van der Waals surface area contributed by atoms with Crippen LogP contribution in [0, 0.1) is 6.92 Å². The molecule has 0 spiro atoms. The number of aryl methyl sites for hydroxylation is 1. The van der Waals surface area contributed by atoms with Crippen molar-refractivity contribution in [2.75, 3.05) is 0 Å². The Hall–Kier alpha value is -1.43. The van der Waals surface area contributed by atoms with E-state index in [9.17, 15) is 4.79 Å². The van der Waals surface area contributed by atoms with E-state index in [2.05, 4.69) is 20.6 Å². The average molecular weight is 252 g/mol. The Morgan fingerprint density at radius 2 is 2.18 bits per heavy atom. The number of nitrogens with zero attached hydrogens (tertiary/aromatic N) is 2. The Kier molecular flexibility index (Phi) is 2.91. The first-order valence-electron chi connectivity index (χ1n) is 5.44. The molecule has 6 heteroatoms. The highest BCUT2D eigenvalue weighted by Gasteiger charge is 2.30. The normalized spacial score (nSPS) is 20.1. The van der Waals surface area contributed by atoms with Gasteiger partial charge in [0.1, 0.15) is 0 Å². The van der Waals surface area contributed by atoms with E-state index in [0.29, 0.717) is 5.96 Å². The number of amides is 1. The lowest BCUT2D eigenvalue weighted by atomic mass is 10.1. The molecule has 5 nitrogen and oxygen atoms in total. The molecular formula is C11H16N4OS. The molecule has 1 aliphatic rings. The Morgan fingerprint density at radius 1 is 1.47 bits per heavy atom. The van der Waals surface area contributed by atoms with Gasteiger partial charge in [-0.2, -0.15) is 0 Å². The molecule has 0 fully saturated rings. The standard InChI is InChI=1S/C11H16N4OS/c1-6-12-7(5-17-6)8-9(16)14-10(13-8)15-11(2,3)4/h5,8H,1-4H3,(H2,13,14,15,16). The van der Waals surface area contributed by atoms with Crippen LogP contribution in [-0.4, -0.2) is 22.4 Å². The molecule has 2 rings (SSSR count). The summed E-state index contributed by atoms with van der Waals surface area (Å²) in [5.74, 6) is 0.403. The summed E-state index contributed by atoms with van der Waals surface area (Å²) in [6.07, 6.45) is 0. The Labute approximate surface area is 104 Å². The molecule has 0 saturated carbocycles. The van der Waals surface area contributed by atoms with Crippen LogP contribution in [0.4, 0.5) is 0 Å². The van der Waals surface area contributed by atoms with Gasteiger partial charge in [0.15, 0.2) is 12.0 Å². The van der Waals surface area contributed by atoms with Gasteiger partial charge in [-0.05, 0) is 27.7 Å². The molecule has 1 atom stereocenters. The number of carbonyl (C=O) groups is 1. The molecule has 0 aromatic carbocycles. The average Bonchev–Trinajstić information content (AvgIpc) is 2.70. The van der Waals surface area contributed by atoms with Gasteiger partial charge in [-0.3, -0.25) is 10.1 Å². The van der Waals surface area contributed by atoms with Gasteiger partial charge < -0.3 is 5.32 Å². The highest BCUT2D eigenvalue weighted by Crippen LogP contribution is 2.22. The largest absolute Gasteiger partial charge is 0.351 e. The van der Waals surface area contributed by atoms with Gasteiger partial charge in [0.2, 0.25) is 0 Å². The molecule has 1 aliphatic heterocycles. The van der Waals surface area contributed by atoms with Gasteiger partial charge >= 0.3 is 0 Å². The van der Waals surface area contributed by atoms with E-state index in [1.807, 2.05) is 33.1 Å². The molecular weight excluding hydrogens is 236 g/mol. The first-order valence-corrected chi connectivity index (χ1v) is 6.32. The van der Waals surface area contributed by atoms with E-state index in [-0.39, 0.29) is 11.4 Å². The zero-order valence-electron chi connectivity index (χ0n) is 10.4. The number of aromatic nitrogens is 1. The van der Waals surface area contributed by atoms with Gasteiger partial charge in [0, 0.05) is 10.9 Å². The van der Waals surface area contributed by atoms with E-state index in [1.165, 1.54) is 11.3 Å². The molecule has 1 unspecified atom stereocenters. The van der Waals surface area contributed by atoms with Crippen LogP contribution in [0.15, 0.2) is 10.4 Å². The molecule has 0 bridgehead atoms. The van der Waals surface area contributed by atoms with Crippen LogP contribution in [0.1, 0.15) is 37.5 Å². The van der Waals surface area contributed by atoms with Gasteiger partial charge in [-0.1, -0.05) is 0 Å². The van der Waals surface area contributed by atoms with Crippen molar-refractivity contribution in [1.82, 2.24) is 15.6 Å². The first-order chi connectivity index (χ1) is 7.85. The lowest BCUT2D eigenvalue weighted by molar-refractivity contribution is -0.120. The van der Waals surface area contributed by atoms with Crippen LogP contribution in [-0.2, 0) is 4.79 Å². The third-order valence-corrected chi connectivity index (χ3v) is 2.95. The molecule has 0 radical (unpaired) electrons. The first kappa shape index (κ1) is 12.0. The van der Waals surface area contributed by atoms with Crippen molar-refractivity contribution in [3.05, 3.63) is 16.1 Å². The Bertz CT molecular complexity index is 472. The summed E-state index contributed by atoms with van der Waals surface area (Å²) in [4.78, 5) is 20.4. The van der Waals surface area contributed by atoms with Gasteiger partial charge in [0.25, 0.3) is 5.91 Å². The maximum Gasteiger partial charge on any atom is 0.257 e. The summed E-state index contributed by atoms with van der Waals surface area (Å²) < 4.78 is 0. The molecule has 2 heterocycles. The van der Waals surface area contributed by atoms with E-state index < -0.39 is 6.04 Å². The van der Waals surface area contributed by atoms with Crippen LogP contribution in [0.2, 0.25) is 0 Å². The fraction of sp³-hybridized carbons (Fsp3) is 0.545. The molecule has 17 heavy (non-hydrogen) atoms. The molecule has 2 N–H and O–H groups in total. The molecule has 1 amide bonds. The Morgan fingerprint density at radius 3 is 2.71 bits per heavy atom. The van der Waals surface area contributed by atoms with E-state index >= 15 is 0 Å². The minimum absolute atomic E-state index is 0.123.